The third-order valence-corrected chi connectivity index (χ3v) is 1.87. The molecule has 2 atom stereocenters. The van der Waals surface area contributed by atoms with Gasteiger partial charge in [-0.25, -0.2) is 0 Å². The fourth-order valence-electron chi connectivity index (χ4n) is 1.19. The second kappa shape index (κ2) is 8.62. The molecule has 1 fully saturated rings. The summed E-state index contributed by atoms with van der Waals surface area (Å²) in [5.74, 6) is 0. The summed E-state index contributed by atoms with van der Waals surface area (Å²) in [6, 6.07) is 0.562. The van der Waals surface area contributed by atoms with Crippen LogP contribution in [0.3, 0.4) is 0 Å². The molecule has 0 radical (unpaired) electrons. The van der Waals surface area contributed by atoms with Crippen LogP contribution >= 0.6 is 0 Å². The Morgan fingerprint density at radius 2 is 1.09 bits per heavy atom. The molecule has 0 aromatic rings. The number of hydrogen-bond acceptors (Lipinski definition) is 2. The van der Waals surface area contributed by atoms with Gasteiger partial charge in [0.2, 0.25) is 0 Å². The van der Waals surface area contributed by atoms with Gasteiger partial charge in [0.1, 0.15) is 0 Å². The van der Waals surface area contributed by atoms with Crippen molar-refractivity contribution in [3.63, 3.8) is 0 Å². The van der Waals surface area contributed by atoms with E-state index in [-0.39, 0.29) is 44.1 Å². The van der Waals surface area contributed by atoms with Crippen molar-refractivity contribution in [3.8, 4) is 0 Å². The minimum absolute atomic E-state index is 0. The minimum Gasteiger partial charge on any atom is -0.412 e. The molecule has 11 heavy (non-hydrogen) atoms. The monoisotopic (exact) mass is 345 g/mol. The van der Waals surface area contributed by atoms with Gasteiger partial charge in [0.25, 0.3) is 0 Å². The van der Waals surface area contributed by atoms with Crippen LogP contribution in [-0.4, -0.2) is 23.0 Å². The van der Waals surface area contributed by atoms with Crippen LogP contribution in [0.5, 0.6) is 0 Å². The molecule has 0 aliphatic heterocycles. The molecule has 0 spiro atoms. The van der Waals surface area contributed by atoms with E-state index in [1.807, 2.05) is 0 Å². The summed E-state index contributed by atoms with van der Waals surface area (Å²) < 4.78 is 0. The average Bonchev–Trinajstić information content (AvgIpc) is 1.77. The average molecular weight is 345 g/mol. The third-order valence-electron chi connectivity index (χ3n) is 1.87. The first kappa shape index (κ1) is 17.6. The first-order chi connectivity index (χ1) is 3.80. The van der Waals surface area contributed by atoms with Gasteiger partial charge in [-0.1, -0.05) is 12.8 Å². The van der Waals surface area contributed by atoms with E-state index in [2.05, 4.69) is 0 Å². The third kappa shape index (κ3) is 5.76. The molecule has 1 aliphatic carbocycles. The van der Waals surface area contributed by atoms with Crippen molar-refractivity contribution in [3.05, 3.63) is 0 Å². The zero-order valence-electron chi connectivity index (χ0n) is 6.45. The maximum Gasteiger partial charge on any atom is 0.0192 e. The SMILES string of the molecule is N[C@@H]1CCCC[C@@H]1N.O.O.[Pt]. The summed E-state index contributed by atoms with van der Waals surface area (Å²) in [5.41, 5.74) is 11.3. The largest absolute Gasteiger partial charge is 0.412 e. The van der Waals surface area contributed by atoms with Crippen molar-refractivity contribution < 1.29 is 32.0 Å². The van der Waals surface area contributed by atoms with Gasteiger partial charge >= 0.3 is 0 Å². The van der Waals surface area contributed by atoms with Gasteiger partial charge in [-0.05, 0) is 12.8 Å². The molecule has 4 nitrogen and oxygen atoms in total. The fraction of sp³-hybridized carbons (Fsp3) is 1.00. The van der Waals surface area contributed by atoms with Crippen LogP contribution in [-0.2, 0) is 21.1 Å². The Morgan fingerprint density at radius 3 is 1.27 bits per heavy atom. The van der Waals surface area contributed by atoms with Crippen LogP contribution in [0, 0.1) is 0 Å². The van der Waals surface area contributed by atoms with Crippen molar-refractivity contribution in [2.45, 2.75) is 37.8 Å². The molecular formula is C6H18N2O2Pt. The van der Waals surface area contributed by atoms with E-state index in [0.717, 1.165) is 12.8 Å². The molecule has 74 valence electrons. The molecule has 0 aromatic heterocycles. The van der Waals surface area contributed by atoms with Crippen molar-refractivity contribution in [2.24, 2.45) is 11.5 Å². The Kier molecular flexibility index (Phi) is 13.8. The minimum atomic E-state index is 0. The van der Waals surface area contributed by atoms with Gasteiger partial charge in [-0.2, -0.15) is 0 Å². The van der Waals surface area contributed by atoms with Crippen molar-refractivity contribution in [1.29, 1.82) is 0 Å². The van der Waals surface area contributed by atoms with Crippen molar-refractivity contribution in [2.75, 3.05) is 0 Å². The van der Waals surface area contributed by atoms with E-state index in [1.165, 1.54) is 12.8 Å². The maximum atomic E-state index is 5.65. The normalized spacial score (nSPS) is 28.9. The quantitative estimate of drug-likeness (QED) is 0.560. The first-order valence-corrected chi connectivity index (χ1v) is 3.32. The molecule has 8 N–H and O–H groups in total. The second-order valence-corrected chi connectivity index (χ2v) is 2.61. The summed E-state index contributed by atoms with van der Waals surface area (Å²) in [6.45, 7) is 0. The van der Waals surface area contributed by atoms with E-state index in [4.69, 9.17) is 11.5 Å². The van der Waals surface area contributed by atoms with Gasteiger partial charge in [-0.3, -0.25) is 0 Å². The van der Waals surface area contributed by atoms with Gasteiger partial charge < -0.3 is 22.4 Å². The zero-order chi connectivity index (χ0) is 5.98. The number of hydrogen-bond donors (Lipinski definition) is 2. The van der Waals surface area contributed by atoms with Crippen LogP contribution in [0.25, 0.3) is 0 Å². The Morgan fingerprint density at radius 1 is 0.818 bits per heavy atom. The van der Waals surface area contributed by atoms with Crippen LogP contribution < -0.4 is 11.5 Å². The van der Waals surface area contributed by atoms with Crippen LogP contribution in [0.2, 0.25) is 0 Å². The van der Waals surface area contributed by atoms with Crippen molar-refractivity contribution in [1.82, 2.24) is 0 Å². The molecular weight excluding hydrogens is 327 g/mol. The topological polar surface area (TPSA) is 115 Å². The summed E-state index contributed by atoms with van der Waals surface area (Å²) in [7, 11) is 0. The molecule has 0 heterocycles. The van der Waals surface area contributed by atoms with Gasteiger partial charge in [0.05, 0.1) is 0 Å². The number of nitrogens with two attached hydrogens (primary N) is 2. The molecule has 0 unspecified atom stereocenters. The fourth-order valence-corrected chi connectivity index (χ4v) is 1.19. The number of rotatable bonds is 0. The van der Waals surface area contributed by atoms with Crippen LogP contribution in [0.15, 0.2) is 0 Å². The van der Waals surface area contributed by atoms with Crippen molar-refractivity contribution >= 4 is 0 Å². The summed E-state index contributed by atoms with van der Waals surface area (Å²) >= 11 is 0. The standard InChI is InChI=1S/C6H14N2.2H2O.Pt/c7-5-3-1-2-4-6(5)8;;;/h5-6H,1-4,7-8H2;2*1H2;/t5-,6+;;;. The molecule has 0 saturated heterocycles. The van der Waals surface area contributed by atoms with E-state index < -0.39 is 0 Å². The zero-order valence-corrected chi connectivity index (χ0v) is 8.73. The van der Waals surface area contributed by atoms with E-state index in [0.29, 0.717) is 0 Å². The Labute approximate surface area is 81.6 Å². The first-order valence-electron chi connectivity index (χ1n) is 3.32. The second-order valence-electron chi connectivity index (χ2n) is 2.61. The molecule has 1 rings (SSSR count). The van der Waals surface area contributed by atoms with Gasteiger partial charge in [0, 0.05) is 33.1 Å². The van der Waals surface area contributed by atoms with Crippen LogP contribution in [0.4, 0.5) is 0 Å². The molecule has 0 aromatic carbocycles. The van der Waals surface area contributed by atoms with E-state index >= 15 is 0 Å². The predicted molar refractivity (Wildman–Crippen MR) is 41.6 cm³/mol. The maximum absolute atomic E-state index is 5.65. The molecule has 1 saturated carbocycles. The molecule has 1 aliphatic rings. The summed E-state index contributed by atoms with van der Waals surface area (Å²) in [5, 5.41) is 0. The van der Waals surface area contributed by atoms with E-state index in [1.54, 1.807) is 0 Å². The smallest absolute Gasteiger partial charge is 0.0192 e. The Hall–Kier alpha value is 0.528. The summed E-state index contributed by atoms with van der Waals surface area (Å²) in [4.78, 5) is 0. The van der Waals surface area contributed by atoms with Crippen LogP contribution in [0.1, 0.15) is 25.7 Å². The molecule has 0 bridgehead atoms. The Balaban J connectivity index is -0.000000213. The predicted octanol–water partition coefficient (Wildman–Crippen LogP) is -1.44. The van der Waals surface area contributed by atoms with Gasteiger partial charge in [-0.15, -0.1) is 0 Å². The Bertz CT molecular complexity index is 75.0. The van der Waals surface area contributed by atoms with E-state index in [9.17, 15) is 0 Å². The summed E-state index contributed by atoms with van der Waals surface area (Å²) in [6.07, 6.45) is 4.80. The van der Waals surface area contributed by atoms with Gasteiger partial charge in [0.15, 0.2) is 0 Å². The molecule has 0 amide bonds. The molecule has 5 heteroatoms.